The van der Waals surface area contributed by atoms with Crippen LogP contribution in [0.4, 0.5) is 4.79 Å². The molecule has 11 N–H and O–H groups in total. The number of aromatic hydroxyl groups is 2. The fourth-order valence-electron chi connectivity index (χ4n) is 7.90. The molecule has 2 aromatic carbocycles. The van der Waals surface area contributed by atoms with Crippen molar-refractivity contribution in [3.05, 3.63) is 76.1 Å². The number of alkyl carbamates (subject to hydrolysis) is 1. The number of aliphatic hydroxyl groups is 4. The Morgan fingerprint density at radius 2 is 1.53 bits per heavy atom. The topological polar surface area (TPSA) is 289 Å². The van der Waals surface area contributed by atoms with E-state index in [4.69, 9.17) is 10.8 Å². The number of ether oxygens (including phenoxy) is 1. The number of nitrogens with zero attached hydrogens (tertiary/aromatic N) is 1. The molecule has 6 rings (SSSR count). The molecule has 312 valence electrons. The predicted molar refractivity (Wildman–Crippen MR) is 208 cm³/mol. The minimum absolute atomic E-state index is 0. The average molecular weight is 798 g/mol. The van der Waals surface area contributed by atoms with Gasteiger partial charge in [-0.1, -0.05) is 70.2 Å². The Labute approximate surface area is 330 Å². The number of amides is 3. The molecule has 4 aliphatic rings. The highest BCUT2D eigenvalue weighted by molar-refractivity contribution is 6.24. The second kappa shape index (κ2) is 18.3. The zero-order valence-electron chi connectivity index (χ0n) is 33.0. The van der Waals surface area contributed by atoms with E-state index in [0.29, 0.717) is 11.3 Å². The van der Waals surface area contributed by atoms with Crippen molar-refractivity contribution in [2.45, 2.75) is 102 Å². The van der Waals surface area contributed by atoms with Crippen LogP contribution < -0.4 is 11.1 Å². The lowest BCUT2D eigenvalue weighted by molar-refractivity contribution is -0.169. The maximum Gasteiger partial charge on any atom is 0.415 e. The van der Waals surface area contributed by atoms with Crippen LogP contribution in [0.3, 0.4) is 0 Å². The van der Waals surface area contributed by atoms with Gasteiger partial charge in [0.25, 0.3) is 11.8 Å². The van der Waals surface area contributed by atoms with Gasteiger partial charge in [0.1, 0.15) is 28.6 Å². The second-order valence-electron chi connectivity index (χ2n) is 15.3. The number of Topliss-reactive ketones (excluding diaryl/α,β-unsaturated/α-hetero) is 2. The molecule has 6 atom stereocenters. The number of aliphatic hydroxyl groups excluding tert-OH is 3. The second-order valence-corrected chi connectivity index (χ2v) is 15.3. The van der Waals surface area contributed by atoms with E-state index in [1.807, 2.05) is 17.4 Å². The van der Waals surface area contributed by atoms with Crippen molar-refractivity contribution >= 4 is 35.2 Å². The Balaban J connectivity index is 0.000000287. The van der Waals surface area contributed by atoms with Gasteiger partial charge < -0.3 is 46.6 Å². The Morgan fingerprint density at radius 3 is 2.04 bits per heavy atom. The number of carbonyl (C=O) groups excluding carboxylic acids is 5. The van der Waals surface area contributed by atoms with Gasteiger partial charge in [0.15, 0.2) is 17.0 Å². The van der Waals surface area contributed by atoms with E-state index in [1.54, 1.807) is 31.2 Å². The van der Waals surface area contributed by atoms with E-state index in [2.05, 4.69) is 11.7 Å². The molecule has 0 radical (unpaired) electrons. The largest absolute Gasteiger partial charge is 0.508 e. The Morgan fingerprint density at radius 1 is 0.930 bits per heavy atom. The maximum atomic E-state index is 13.7. The Kier molecular flexibility index (Phi) is 14.8. The summed E-state index contributed by atoms with van der Waals surface area (Å²) >= 11 is 0. The summed E-state index contributed by atoms with van der Waals surface area (Å²) in [6.45, 7) is 6.99. The smallest absolute Gasteiger partial charge is 0.415 e. The molecule has 0 aromatic heterocycles. The highest BCUT2D eigenvalue weighted by Gasteiger charge is 2.68. The van der Waals surface area contributed by atoms with Crippen LogP contribution in [-0.4, -0.2) is 108 Å². The molecule has 0 bridgehead atoms. The van der Waals surface area contributed by atoms with Gasteiger partial charge in [-0.3, -0.25) is 29.4 Å². The molecule has 0 spiro atoms. The number of phenolic OH excluding ortho intramolecular Hbond substituents is 2. The SMILES string of the molecule is CC1(C)OC(=O)NC1=O.CCCCCCCCc1ccc(O)cc1.C[C@H]1c2cccc(O)c2C(O)=C2C(=O)[C@]3(O)C(O)=C(C(N)=O)C(=O)[C@@H](N(C)C)[C@@H]3[C@@H](O)[C@@H]21.O. The lowest BCUT2D eigenvalue weighted by Gasteiger charge is -2.53. The lowest BCUT2D eigenvalue weighted by atomic mass is 9.54. The summed E-state index contributed by atoms with van der Waals surface area (Å²) in [4.78, 5) is 60.9. The number of benzene rings is 2. The quantitative estimate of drug-likeness (QED) is 0.134. The van der Waals surface area contributed by atoms with Gasteiger partial charge in [-0.25, -0.2) is 4.79 Å². The first-order valence-corrected chi connectivity index (χ1v) is 18.7. The average Bonchev–Trinajstić information content (AvgIpc) is 3.36. The molecule has 1 saturated carbocycles. The third kappa shape index (κ3) is 8.99. The van der Waals surface area contributed by atoms with E-state index in [1.165, 1.54) is 83.0 Å². The summed E-state index contributed by atoms with van der Waals surface area (Å²) in [6.07, 6.45) is 6.94. The first kappa shape index (κ1) is 46.1. The molecule has 1 saturated heterocycles. The number of primary amides is 1. The number of ketones is 2. The summed E-state index contributed by atoms with van der Waals surface area (Å²) < 4.78 is 4.56. The molecule has 0 unspecified atom stereocenters. The summed E-state index contributed by atoms with van der Waals surface area (Å²) in [5, 5.41) is 66.0. The van der Waals surface area contributed by atoms with Crippen molar-refractivity contribution in [3.8, 4) is 11.5 Å². The number of imide groups is 1. The van der Waals surface area contributed by atoms with Crippen LogP contribution >= 0.6 is 0 Å². The van der Waals surface area contributed by atoms with Crippen molar-refractivity contribution in [1.29, 1.82) is 0 Å². The first-order chi connectivity index (χ1) is 26.2. The van der Waals surface area contributed by atoms with Gasteiger partial charge in [-0.2, -0.15) is 0 Å². The molecule has 16 heteroatoms. The van der Waals surface area contributed by atoms with E-state index in [0.717, 1.165) is 6.42 Å². The zero-order chi connectivity index (χ0) is 41.9. The van der Waals surface area contributed by atoms with Crippen LogP contribution in [0.25, 0.3) is 5.76 Å². The molecular weight excluding hydrogens is 742 g/mol. The molecular formula is C41H55N3O13. The number of phenols is 2. The summed E-state index contributed by atoms with van der Waals surface area (Å²) in [5.74, 6) is -8.89. The zero-order valence-corrected chi connectivity index (χ0v) is 33.0. The van der Waals surface area contributed by atoms with Gasteiger partial charge >= 0.3 is 6.09 Å². The molecule has 3 aliphatic carbocycles. The van der Waals surface area contributed by atoms with E-state index < -0.39 is 87.3 Å². The molecule has 57 heavy (non-hydrogen) atoms. The number of nitrogens with two attached hydrogens (primary N) is 1. The van der Waals surface area contributed by atoms with Crippen LogP contribution in [0.15, 0.2) is 59.4 Å². The number of carbonyl (C=O) groups is 5. The Bertz CT molecular complexity index is 1920. The number of unbranched alkanes of at least 4 members (excludes halogenated alkanes) is 5. The number of nitrogens with one attached hydrogen (secondary N) is 1. The third-order valence-corrected chi connectivity index (χ3v) is 10.9. The van der Waals surface area contributed by atoms with Crippen molar-refractivity contribution < 1.29 is 64.8 Å². The van der Waals surface area contributed by atoms with Gasteiger partial charge in [-0.15, -0.1) is 0 Å². The fraction of sp³-hybridized carbons (Fsp3) is 0.488. The van der Waals surface area contributed by atoms with E-state index in [9.17, 15) is 49.5 Å². The standard InChI is InChI=1S/C22H24N2O8.C14H22O.C5H7NO3.H2O/c1-7-8-5-4-6-9(25)11(8)16(26)12-10(7)17(27)14-15(24(2)3)18(28)13(21(23)31)20(30)22(14,32)19(12)29;1-2-3-4-5-6-7-8-13-9-11-14(15)12-10-13;1-5(2)3(7)6-4(8)9-5;/h4-7,10,14-15,17,25-27,30,32H,1-3H3,(H2,23,31);9-12,15H,2-8H2,1H3;1-2H3,(H,6,7,8);1H2/t7-,10+,14+,15-,17-,22-;;;/m0.../s1. The van der Waals surface area contributed by atoms with Crippen molar-refractivity contribution in [1.82, 2.24) is 10.2 Å². The van der Waals surface area contributed by atoms with E-state index >= 15 is 0 Å². The number of hydrogen-bond acceptors (Lipinski definition) is 13. The van der Waals surface area contributed by atoms with Crippen LogP contribution in [-0.2, 0) is 30.3 Å². The summed E-state index contributed by atoms with van der Waals surface area (Å²) in [5.41, 5.74) is 1.83. The molecule has 1 heterocycles. The van der Waals surface area contributed by atoms with Gasteiger partial charge in [0, 0.05) is 11.5 Å². The summed E-state index contributed by atoms with van der Waals surface area (Å²) in [7, 11) is 2.92. The monoisotopic (exact) mass is 797 g/mol. The normalized spacial score (nSPS) is 25.7. The fourth-order valence-corrected chi connectivity index (χ4v) is 7.90. The van der Waals surface area contributed by atoms with Gasteiger partial charge in [0.2, 0.25) is 5.78 Å². The number of hydrogen-bond donors (Lipinski definition) is 8. The number of fused-ring (bicyclic) bond motifs is 3. The number of cyclic esters (lactones) is 1. The molecule has 3 amide bonds. The van der Waals surface area contributed by atoms with Gasteiger partial charge in [0.05, 0.1) is 23.6 Å². The van der Waals surface area contributed by atoms with Crippen molar-refractivity contribution in [2.75, 3.05) is 14.1 Å². The molecule has 2 aromatic rings. The number of rotatable bonds is 9. The lowest BCUT2D eigenvalue weighted by Crippen LogP contribution is -2.70. The van der Waals surface area contributed by atoms with Crippen LogP contribution in [0.2, 0.25) is 0 Å². The summed E-state index contributed by atoms with van der Waals surface area (Å²) in [6, 6.07) is 10.7. The van der Waals surface area contributed by atoms with E-state index in [-0.39, 0.29) is 22.7 Å². The number of likely N-dealkylation sites (N-methyl/N-ethyl adjacent to an activating group) is 1. The van der Waals surface area contributed by atoms with Crippen LogP contribution in [0, 0.1) is 11.8 Å². The van der Waals surface area contributed by atoms with Crippen LogP contribution in [0.1, 0.15) is 88.8 Å². The highest BCUT2D eigenvalue weighted by Crippen LogP contribution is 2.56. The minimum Gasteiger partial charge on any atom is -0.508 e. The molecule has 16 nitrogen and oxygen atoms in total. The van der Waals surface area contributed by atoms with Crippen LogP contribution in [0.5, 0.6) is 11.5 Å². The first-order valence-electron chi connectivity index (χ1n) is 18.7. The highest BCUT2D eigenvalue weighted by atomic mass is 16.6. The molecule has 2 fully saturated rings. The number of aryl methyl sites for hydroxylation is 1. The predicted octanol–water partition coefficient (Wildman–Crippen LogP) is 3.00. The van der Waals surface area contributed by atoms with Crippen molar-refractivity contribution in [2.24, 2.45) is 17.6 Å². The molecule has 1 aliphatic heterocycles. The van der Waals surface area contributed by atoms with Gasteiger partial charge in [-0.05, 0) is 76.0 Å². The maximum absolute atomic E-state index is 13.7. The van der Waals surface area contributed by atoms with Crippen molar-refractivity contribution in [3.63, 3.8) is 0 Å². The Hall–Kier alpha value is -5.29. The minimum atomic E-state index is -2.89. The third-order valence-electron chi connectivity index (χ3n) is 10.9.